The highest BCUT2D eigenvalue weighted by Crippen LogP contribution is 2.39. The number of ether oxygens (including phenoxy) is 2. The quantitative estimate of drug-likeness (QED) is 0.364. The number of rotatable bonds is 5. The van der Waals surface area contributed by atoms with E-state index in [0.29, 0.717) is 46.9 Å². The molecule has 0 bridgehead atoms. The number of nitrogens with one attached hydrogen (secondary N) is 2. The second kappa shape index (κ2) is 8.95. The van der Waals surface area contributed by atoms with Crippen molar-refractivity contribution in [3.63, 3.8) is 0 Å². The summed E-state index contributed by atoms with van der Waals surface area (Å²) in [6.45, 7) is 3.04. The Hall–Kier alpha value is -4.65. The molecule has 0 saturated heterocycles. The number of nitrogens with two attached hydrogens (primary N) is 1. The van der Waals surface area contributed by atoms with E-state index in [0.717, 1.165) is 16.8 Å². The number of pyridine rings is 1. The molecule has 0 aliphatic carbocycles. The molecule has 2 aromatic heterocycles. The van der Waals surface area contributed by atoms with Crippen LogP contribution >= 0.6 is 0 Å². The maximum absolute atomic E-state index is 15.4. The standard InChI is InChI=1S/C25H22FN7O2/c1-13-16(11-30-24-23(13)29-7-8-35-24)15-10-18-17(22(28)21(15)26)12-31-25(32-18)33-19-9-14(5-6-27)3-4-20(19)34-2/h3-4,9-12,29H,5,7-8,28H2,1-2H3,(H,31,32,33). The Morgan fingerprint density at radius 1 is 1.26 bits per heavy atom. The third-order valence-corrected chi connectivity index (χ3v) is 5.89. The van der Waals surface area contributed by atoms with E-state index < -0.39 is 5.82 Å². The molecule has 10 heteroatoms. The van der Waals surface area contributed by atoms with Gasteiger partial charge in [0, 0.05) is 35.5 Å². The van der Waals surface area contributed by atoms with Crippen molar-refractivity contribution in [2.75, 3.05) is 36.6 Å². The van der Waals surface area contributed by atoms with Gasteiger partial charge in [-0.05, 0) is 36.2 Å². The Bertz CT molecular complexity index is 1500. The monoisotopic (exact) mass is 471 g/mol. The lowest BCUT2D eigenvalue weighted by atomic mass is 9.98. The molecule has 1 aliphatic heterocycles. The zero-order chi connectivity index (χ0) is 24.5. The first-order chi connectivity index (χ1) is 17.0. The Kier molecular flexibility index (Phi) is 5.66. The van der Waals surface area contributed by atoms with Crippen LogP contribution in [0.3, 0.4) is 0 Å². The normalized spacial score (nSPS) is 12.3. The molecule has 0 radical (unpaired) electrons. The molecule has 2 aromatic carbocycles. The zero-order valence-corrected chi connectivity index (χ0v) is 19.1. The number of halogens is 1. The largest absolute Gasteiger partial charge is 0.495 e. The smallest absolute Gasteiger partial charge is 0.237 e. The van der Waals surface area contributed by atoms with Gasteiger partial charge in [0.15, 0.2) is 5.82 Å². The van der Waals surface area contributed by atoms with Crippen LogP contribution < -0.4 is 25.8 Å². The number of anilines is 4. The van der Waals surface area contributed by atoms with E-state index in [1.54, 1.807) is 31.5 Å². The molecule has 0 fully saturated rings. The van der Waals surface area contributed by atoms with Gasteiger partial charge in [0.2, 0.25) is 11.8 Å². The van der Waals surface area contributed by atoms with Crippen molar-refractivity contribution in [2.45, 2.75) is 13.3 Å². The van der Waals surface area contributed by atoms with Crippen LogP contribution in [-0.2, 0) is 6.42 Å². The Morgan fingerprint density at radius 2 is 2.11 bits per heavy atom. The summed E-state index contributed by atoms with van der Waals surface area (Å²) in [5, 5.41) is 15.8. The highest BCUT2D eigenvalue weighted by Gasteiger charge is 2.21. The molecule has 4 N–H and O–H groups in total. The molecule has 0 amide bonds. The molecule has 4 aromatic rings. The third kappa shape index (κ3) is 3.97. The summed E-state index contributed by atoms with van der Waals surface area (Å²) < 4.78 is 26.4. The molecule has 0 saturated carbocycles. The number of fused-ring (bicyclic) bond motifs is 2. The van der Waals surface area contributed by atoms with E-state index in [9.17, 15) is 0 Å². The first kappa shape index (κ1) is 22.2. The van der Waals surface area contributed by atoms with Crippen LogP contribution in [0.15, 0.2) is 36.7 Å². The average Bonchev–Trinajstić information content (AvgIpc) is 2.87. The maximum Gasteiger partial charge on any atom is 0.237 e. The molecule has 0 spiro atoms. The summed E-state index contributed by atoms with van der Waals surface area (Å²) in [4.78, 5) is 13.2. The van der Waals surface area contributed by atoms with E-state index in [4.69, 9.17) is 20.5 Å². The highest BCUT2D eigenvalue weighted by atomic mass is 19.1. The maximum atomic E-state index is 15.4. The van der Waals surface area contributed by atoms with Crippen LogP contribution in [0.2, 0.25) is 0 Å². The Morgan fingerprint density at radius 3 is 2.91 bits per heavy atom. The number of aromatic nitrogens is 3. The first-order valence-electron chi connectivity index (χ1n) is 10.9. The third-order valence-electron chi connectivity index (χ3n) is 5.89. The zero-order valence-electron chi connectivity index (χ0n) is 19.1. The summed E-state index contributed by atoms with van der Waals surface area (Å²) in [6, 6.07) is 9.15. The lowest BCUT2D eigenvalue weighted by Gasteiger charge is -2.22. The number of benzene rings is 2. The summed E-state index contributed by atoms with van der Waals surface area (Å²) >= 11 is 0. The van der Waals surface area contributed by atoms with Gasteiger partial charge >= 0.3 is 0 Å². The molecule has 35 heavy (non-hydrogen) atoms. The second-order valence-corrected chi connectivity index (χ2v) is 8.02. The predicted molar refractivity (Wildman–Crippen MR) is 131 cm³/mol. The lowest BCUT2D eigenvalue weighted by molar-refractivity contribution is 0.310. The van der Waals surface area contributed by atoms with Crippen LogP contribution in [0.5, 0.6) is 11.6 Å². The molecular formula is C25H22FN7O2. The second-order valence-electron chi connectivity index (χ2n) is 8.02. The SMILES string of the molecule is COc1ccc(CC#N)cc1Nc1ncc2c(N)c(F)c(-c3cnc4c(c3C)NCCO4)cc2n1. The number of nitriles is 1. The fourth-order valence-electron chi connectivity index (χ4n) is 4.10. The van der Waals surface area contributed by atoms with Gasteiger partial charge in [-0.15, -0.1) is 0 Å². The fourth-order valence-corrected chi connectivity index (χ4v) is 4.10. The summed E-state index contributed by atoms with van der Waals surface area (Å²) in [5.74, 6) is 0.778. The van der Waals surface area contributed by atoms with Gasteiger partial charge in [-0.25, -0.2) is 19.3 Å². The van der Waals surface area contributed by atoms with Crippen molar-refractivity contribution < 1.29 is 13.9 Å². The number of hydrogen-bond donors (Lipinski definition) is 3. The minimum atomic E-state index is -0.561. The summed E-state index contributed by atoms with van der Waals surface area (Å²) in [7, 11) is 1.55. The summed E-state index contributed by atoms with van der Waals surface area (Å²) in [6.07, 6.45) is 3.31. The van der Waals surface area contributed by atoms with E-state index in [2.05, 4.69) is 31.7 Å². The lowest BCUT2D eigenvalue weighted by Crippen LogP contribution is -2.20. The van der Waals surface area contributed by atoms with E-state index in [1.165, 1.54) is 6.20 Å². The van der Waals surface area contributed by atoms with E-state index in [1.807, 2.05) is 13.0 Å². The van der Waals surface area contributed by atoms with Gasteiger partial charge in [0.25, 0.3) is 0 Å². The average molecular weight is 471 g/mol. The van der Waals surface area contributed by atoms with Crippen molar-refractivity contribution >= 4 is 33.9 Å². The van der Waals surface area contributed by atoms with Crippen LogP contribution in [0.1, 0.15) is 11.1 Å². The van der Waals surface area contributed by atoms with Gasteiger partial charge < -0.3 is 25.8 Å². The summed E-state index contributed by atoms with van der Waals surface area (Å²) in [5.41, 5.74) is 10.4. The molecule has 5 rings (SSSR count). The van der Waals surface area contributed by atoms with E-state index in [-0.39, 0.29) is 23.6 Å². The minimum absolute atomic E-state index is 0.0426. The number of hydrogen-bond acceptors (Lipinski definition) is 9. The number of nitrogens with zero attached hydrogens (tertiary/aromatic N) is 4. The van der Waals surface area contributed by atoms with Gasteiger partial charge in [0.05, 0.1) is 36.5 Å². The molecule has 9 nitrogen and oxygen atoms in total. The van der Waals surface area contributed by atoms with E-state index >= 15 is 4.39 Å². The van der Waals surface area contributed by atoms with Crippen molar-refractivity contribution in [3.8, 4) is 28.8 Å². The molecular weight excluding hydrogens is 449 g/mol. The van der Waals surface area contributed by atoms with Crippen LogP contribution in [0.4, 0.5) is 27.4 Å². The Labute approximate surface area is 200 Å². The van der Waals surface area contributed by atoms with Crippen LogP contribution in [0, 0.1) is 24.1 Å². The van der Waals surface area contributed by atoms with Crippen molar-refractivity contribution in [1.29, 1.82) is 5.26 Å². The van der Waals surface area contributed by atoms with Crippen LogP contribution in [0.25, 0.3) is 22.0 Å². The molecule has 0 atom stereocenters. The number of nitrogen functional groups attached to an aromatic ring is 1. The first-order valence-corrected chi connectivity index (χ1v) is 10.9. The van der Waals surface area contributed by atoms with Gasteiger partial charge in [-0.3, -0.25) is 0 Å². The Balaban J connectivity index is 1.59. The van der Waals surface area contributed by atoms with Crippen molar-refractivity contribution in [3.05, 3.63) is 53.6 Å². The molecule has 0 unspecified atom stereocenters. The highest BCUT2D eigenvalue weighted by molar-refractivity contribution is 5.96. The van der Waals surface area contributed by atoms with Crippen molar-refractivity contribution in [1.82, 2.24) is 15.0 Å². The topological polar surface area (TPSA) is 131 Å². The minimum Gasteiger partial charge on any atom is -0.495 e. The molecule has 176 valence electrons. The molecule has 1 aliphatic rings. The predicted octanol–water partition coefficient (Wildman–Crippen LogP) is 4.34. The fraction of sp³-hybridized carbons (Fsp3) is 0.200. The van der Waals surface area contributed by atoms with Gasteiger partial charge in [-0.1, -0.05) is 6.07 Å². The number of methoxy groups -OCH3 is 1. The van der Waals surface area contributed by atoms with Crippen LogP contribution in [-0.4, -0.2) is 35.2 Å². The van der Waals surface area contributed by atoms with Gasteiger partial charge in [-0.2, -0.15) is 5.26 Å². The van der Waals surface area contributed by atoms with Gasteiger partial charge in [0.1, 0.15) is 18.0 Å². The van der Waals surface area contributed by atoms with Crippen molar-refractivity contribution in [2.24, 2.45) is 0 Å². The molecule has 3 heterocycles.